The number of halogens is 3. The number of hydrogen-bond donors (Lipinski definition) is 1. The number of β-lactam (4-membered cyclic amide) rings is 1. The quantitative estimate of drug-likeness (QED) is 0.347. The van der Waals surface area contributed by atoms with E-state index in [9.17, 15) is 19.2 Å². The molecule has 1 N–H and O–H groups in total. The van der Waals surface area contributed by atoms with E-state index in [-0.39, 0.29) is 17.8 Å². The number of carbonyl (C=O) groups excluding carboxylic acids is 4. The summed E-state index contributed by atoms with van der Waals surface area (Å²) >= 11 is 18.2. The van der Waals surface area contributed by atoms with Gasteiger partial charge in [-0.1, -0.05) is 65.1 Å². The summed E-state index contributed by atoms with van der Waals surface area (Å²) in [6, 6.07) is 7.73. The number of rotatable bonds is 6. The van der Waals surface area contributed by atoms with Crippen molar-refractivity contribution in [2.45, 2.75) is 35.2 Å². The molecule has 8 nitrogen and oxygen atoms in total. The number of nitrogens with one attached hydrogen (secondary N) is 1. The molecule has 3 rings (SSSR count). The van der Waals surface area contributed by atoms with E-state index in [1.54, 1.807) is 37.3 Å². The Morgan fingerprint density at radius 1 is 1.28 bits per heavy atom. The Balaban J connectivity index is 1.63. The number of thioether (sulfide) groups is 1. The fourth-order valence-electron chi connectivity index (χ4n) is 3.44. The van der Waals surface area contributed by atoms with Crippen LogP contribution >= 0.6 is 46.6 Å². The number of alkyl halides is 3. The number of hydrogen-bond acceptors (Lipinski definition) is 7. The summed E-state index contributed by atoms with van der Waals surface area (Å²) in [5, 5.41) is 2.32. The highest BCUT2D eigenvalue weighted by Gasteiger charge is 2.56. The molecule has 0 aliphatic carbocycles. The van der Waals surface area contributed by atoms with Crippen LogP contribution in [0.3, 0.4) is 0 Å². The van der Waals surface area contributed by atoms with Crippen molar-refractivity contribution < 1.29 is 28.7 Å². The Hall–Kier alpha value is -1.68. The monoisotopic (exact) mass is 522 g/mol. The molecule has 174 valence electrons. The molecule has 0 radical (unpaired) electrons. The first-order chi connectivity index (χ1) is 14.9. The van der Waals surface area contributed by atoms with E-state index in [1.807, 2.05) is 0 Å². The number of ether oxygens (including phenoxy) is 2. The standard InChI is InChI=1S/C20H21Cl3N2O6S/c1-11(26)31-14(12-6-4-3-5-7-12)15(27)24-13-16(28)25-8-19(2,10-32-17(13)25)18(29)30-9-20(21,22)23/h3-7,13-14,17H,8-10H2,1-2H3,(H,24,27)/t13?,14?,17-,19?/m1/s1. The summed E-state index contributed by atoms with van der Waals surface area (Å²) in [6.07, 6.45) is -1.17. The van der Waals surface area contributed by atoms with Crippen LogP contribution in [0.2, 0.25) is 0 Å². The van der Waals surface area contributed by atoms with E-state index >= 15 is 0 Å². The number of amides is 2. The average Bonchev–Trinajstić information content (AvgIpc) is 2.74. The van der Waals surface area contributed by atoms with E-state index in [0.717, 1.165) is 0 Å². The Labute approximate surface area is 204 Å². The van der Waals surface area contributed by atoms with Crippen molar-refractivity contribution in [2.24, 2.45) is 5.41 Å². The molecule has 2 saturated heterocycles. The van der Waals surface area contributed by atoms with Gasteiger partial charge in [0.2, 0.25) is 15.8 Å². The van der Waals surface area contributed by atoms with Crippen molar-refractivity contribution in [3.63, 3.8) is 0 Å². The first-order valence-corrected chi connectivity index (χ1v) is 11.8. The SMILES string of the molecule is CC(=O)OC(C(=O)NC1C(=O)N2CC(C)(C(=O)OCC(Cl)(Cl)Cl)CS[C@H]12)c1ccccc1. The summed E-state index contributed by atoms with van der Waals surface area (Å²) in [5.74, 6) is -1.79. The third-order valence-electron chi connectivity index (χ3n) is 5.02. The number of fused-ring (bicyclic) bond motifs is 1. The first kappa shape index (κ1) is 25.0. The van der Waals surface area contributed by atoms with Crippen molar-refractivity contribution in [3.8, 4) is 0 Å². The maximum Gasteiger partial charge on any atom is 0.314 e. The zero-order chi connectivity index (χ0) is 23.7. The molecule has 32 heavy (non-hydrogen) atoms. The number of carbonyl (C=O) groups is 4. The predicted octanol–water partition coefficient (Wildman–Crippen LogP) is 2.61. The van der Waals surface area contributed by atoms with Gasteiger partial charge in [0, 0.05) is 24.8 Å². The summed E-state index contributed by atoms with van der Waals surface area (Å²) in [6.45, 7) is 2.59. The fraction of sp³-hybridized carbons (Fsp3) is 0.500. The van der Waals surface area contributed by atoms with Crippen LogP contribution in [0.15, 0.2) is 30.3 Å². The Morgan fingerprint density at radius 3 is 2.53 bits per heavy atom. The molecular weight excluding hydrogens is 503 g/mol. The zero-order valence-corrected chi connectivity index (χ0v) is 20.3. The van der Waals surface area contributed by atoms with Crippen LogP contribution in [0.4, 0.5) is 0 Å². The molecule has 2 aliphatic rings. The topological polar surface area (TPSA) is 102 Å². The van der Waals surface area contributed by atoms with Gasteiger partial charge in [-0.3, -0.25) is 19.2 Å². The normalized spacial score (nSPS) is 25.8. The lowest BCUT2D eigenvalue weighted by Gasteiger charge is -2.53. The van der Waals surface area contributed by atoms with Crippen molar-refractivity contribution in [1.29, 1.82) is 0 Å². The van der Waals surface area contributed by atoms with Crippen LogP contribution in [0.1, 0.15) is 25.5 Å². The molecule has 2 heterocycles. The van der Waals surface area contributed by atoms with Gasteiger partial charge in [-0.05, 0) is 6.92 Å². The third kappa shape index (κ3) is 5.62. The van der Waals surface area contributed by atoms with Crippen LogP contribution in [-0.4, -0.2) is 62.8 Å². The minimum Gasteiger partial charge on any atom is -0.461 e. The molecule has 0 aromatic heterocycles. The molecule has 12 heteroatoms. The van der Waals surface area contributed by atoms with Gasteiger partial charge >= 0.3 is 11.9 Å². The van der Waals surface area contributed by atoms with Crippen LogP contribution in [0.25, 0.3) is 0 Å². The van der Waals surface area contributed by atoms with Crippen molar-refractivity contribution in [3.05, 3.63) is 35.9 Å². The van der Waals surface area contributed by atoms with Gasteiger partial charge < -0.3 is 19.7 Å². The summed E-state index contributed by atoms with van der Waals surface area (Å²) < 4.78 is 8.55. The molecule has 0 bridgehead atoms. The molecule has 2 fully saturated rings. The minimum atomic E-state index is -1.73. The van der Waals surface area contributed by atoms with Gasteiger partial charge in [-0.2, -0.15) is 0 Å². The summed E-state index contributed by atoms with van der Waals surface area (Å²) in [7, 11) is 0. The second-order valence-corrected chi connectivity index (χ2v) is 11.4. The maximum absolute atomic E-state index is 12.8. The van der Waals surface area contributed by atoms with Crippen molar-refractivity contribution in [2.75, 3.05) is 18.9 Å². The van der Waals surface area contributed by atoms with Crippen LogP contribution in [-0.2, 0) is 28.7 Å². The highest BCUT2D eigenvalue weighted by molar-refractivity contribution is 8.00. The highest BCUT2D eigenvalue weighted by Crippen LogP contribution is 2.43. The van der Waals surface area contributed by atoms with Gasteiger partial charge in [0.1, 0.15) is 18.0 Å². The number of esters is 2. The number of nitrogens with zero attached hydrogens (tertiary/aromatic N) is 1. The van der Waals surface area contributed by atoms with Gasteiger partial charge in [-0.25, -0.2) is 0 Å². The van der Waals surface area contributed by atoms with E-state index < -0.39 is 45.8 Å². The molecular formula is C20H21Cl3N2O6S. The largest absolute Gasteiger partial charge is 0.461 e. The van der Waals surface area contributed by atoms with Gasteiger partial charge in [-0.15, -0.1) is 11.8 Å². The van der Waals surface area contributed by atoms with Crippen LogP contribution < -0.4 is 5.32 Å². The number of benzene rings is 1. The predicted molar refractivity (Wildman–Crippen MR) is 120 cm³/mol. The molecule has 2 amide bonds. The second-order valence-electron chi connectivity index (χ2n) is 7.81. The van der Waals surface area contributed by atoms with Gasteiger partial charge in [0.15, 0.2) is 0 Å². The van der Waals surface area contributed by atoms with Gasteiger partial charge in [0.25, 0.3) is 5.91 Å². The lowest BCUT2D eigenvalue weighted by Crippen LogP contribution is -2.73. The van der Waals surface area contributed by atoms with E-state index in [1.165, 1.54) is 23.6 Å². The maximum atomic E-state index is 12.8. The molecule has 4 atom stereocenters. The first-order valence-electron chi connectivity index (χ1n) is 9.60. The Kier molecular flexibility index (Phi) is 7.54. The van der Waals surface area contributed by atoms with Crippen molar-refractivity contribution in [1.82, 2.24) is 10.2 Å². The average molecular weight is 524 g/mol. The molecule has 0 saturated carbocycles. The van der Waals surface area contributed by atoms with Crippen LogP contribution in [0, 0.1) is 5.41 Å². The molecule has 1 aromatic rings. The molecule has 0 spiro atoms. The third-order valence-corrected chi connectivity index (χ3v) is 7.01. The second kappa shape index (κ2) is 9.67. The Morgan fingerprint density at radius 2 is 1.94 bits per heavy atom. The summed E-state index contributed by atoms with van der Waals surface area (Å²) in [5.41, 5.74) is -0.490. The fourth-order valence-corrected chi connectivity index (χ4v) is 5.09. The van der Waals surface area contributed by atoms with E-state index in [2.05, 4.69) is 5.32 Å². The molecule has 3 unspecified atom stereocenters. The zero-order valence-electron chi connectivity index (χ0n) is 17.2. The van der Waals surface area contributed by atoms with Crippen molar-refractivity contribution >= 4 is 70.3 Å². The van der Waals surface area contributed by atoms with E-state index in [0.29, 0.717) is 11.3 Å². The van der Waals surface area contributed by atoms with Crippen LogP contribution in [0.5, 0.6) is 0 Å². The summed E-state index contributed by atoms with van der Waals surface area (Å²) in [4.78, 5) is 51.0. The smallest absolute Gasteiger partial charge is 0.314 e. The van der Waals surface area contributed by atoms with E-state index in [4.69, 9.17) is 44.3 Å². The Bertz CT molecular complexity index is 912. The minimum absolute atomic E-state index is 0.112. The lowest BCUT2D eigenvalue weighted by molar-refractivity contribution is -0.163. The lowest BCUT2D eigenvalue weighted by atomic mass is 9.89. The van der Waals surface area contributed by atoms with Gasteiger partial charge in [0.05, 0.1) is 5.41 Å². The highest BCUT2D eigenvalue weighted by atomic mass is 35.6. The molecule has 2 aliphatic heterocycles. The molecule has 1 aromatic carbocycles.